The molecule has 0 saturated heterocycles. The quantitative estimate of drug-likeness (QED) is 0.803. The highest BCUT2D eigenvalue weighted by molar-refractivity contribution is 5.89. The number of carbonyl (C=O) groups excluding carboxylic acids is 1. The molecule has 0 atom stereocenters. The summed E-state index contributed by atoms with van der Waals surface area (Å²) < 4.78 is 5.26. The van der Waals surface area contributed by atoms with Gasteiger partial charge in [-0.15, -0.1) is 0 Å². The summed E-state index contributed by atoms with van der Waals surface area (Å²) in [4.78, 5) is 16.3. The SMILES string of the molecule is CC(C)(C)c1nc(C(C)(C)NC(=O)Nc2cn[nH]c2)no1. The Labute approximate surface area is 122 Å². The van der Waals surface area contributed by atoms with Crippen LogP contribution in [0.4, 0.5) is 10.5 Å². The molecule has 2 aromatic rings. The van der Waals surface area contributed by atoms with E-state index in [4.69, 9.17) is 4.52 Å². The third kappa shape index (κ3) is 3.59. The number of aromatic amines is 1. The molecule has 0 aliphatic carbocycles. The second-order valence-corrected chi connectivity index (χ2v) is 6.36. The molecule has 0 aromatic carbocycles. The zero-order valence-electron chi connectivity index (χ0n) is 12.8. The third-order valence-corrected chi connectivity index (χ3v) is 2.81. The predicted molar refractivity (Wildman–Crippen MR) is 76.8 cm³/mol. The minimum Gasteiger partial charge on any atom is -0.339 e. The van der Waals surface area contributed by atoms with Gasteiger partial charge in [-0.3, -0.25) is 5.10 Å². The summed E-state index contributed by atoms with van der Waals surface area (Å²) >= 11 is 0. The van der Waals surface area contributed by atoms with Gasteiger partial charge in [-0.25, -0.2) is 4.79 Å². The Kier molecular flexibility index (Phi) is 3.71. The van der Waals surface area contributed by atoms with Crippen LogP contribution in [0.3, 0.4) is 0 Å². The van der Waals surface area contributed by atoms with Crippen LogP contribution in [-0.2, 0) is 11.0 Å². The fraction of sp³-hybridized carbons (Fsp3) is 0.538. The van der Waals surface area contributed by atoms with Crippen LogP contribution in [0.5, 0.6) is 0 Å². The fourth-order valence-electron chi connectivity index (χ4n) is 1.60. The van der Waals surface area contributed by atoms with Crippen molar-refractivity contribution < 1.29 is 9.32 Å². The van der Waals surface area contributed by atoms with Crippen molar-refractivity contribution in [2.75, 3.05) is 5.32 Å². The van der Waals surface area contributed by atoms with Crippen molar-refractivity contribution in [1.29, 1.82) is 0 Å². The summed E-state index contributed by atoms with van der Waals surface area (Å²) in [7, 11) is 0. The molecule has 2 aromatic heterocycles. The molecule has 8 nitrogen and oxygen atoms in total. The van der Waals surface area contributed by atoms with Crippen molar-refractivity contribution in [2.45, 2.75) is 45.6 Å². The number of H-pyrrole nitrogens is 1. The molecule has 0 spiro atoms. The molecular weight excluding hydrogens is 272 g/mol. The van der Waals surface area contributed by atoms with E-state index in [9.17, 15) is 4.79 Å². The van der Waals surface area contributed by atoms with Crippen LogP contribution in [-0.4, -0.2) is 26.4 Å². The number of nitrogens with one attached hydrogen (secondary N) is 3. The number of urea groups is 1. The second kappa shape index (κ2) is 5.19. The van der Waals surface area contributed by atoms with Gasteiger partial charge in [0.05, 0.1) is 17.4 Å². The summed E-state index contributed by atoms with van der Waals surface area (Å²) in [5.74, 6) is 0.956. The minimum atomic E-state index is -0.763. The molecule has 0 unspecified atom stereocenters. The first-order valence-electron chi connectivity index (χ1n) is 6.61. The number of aromatic nitrogens is 4. The van der Waals surface area contributed by atoms with E-state index in [1.54, 1.807) is 20.0 Å². The number of carbonyl (C=O) groups is 1. The first-order valence-corrected chi connectivity index (χ1v) is 6.61. The first-order chi connectivity index (χ1) is 9.68. The lowest BCUT2D eigenvalue weighted by atomic mass is 9.97. The van der Waals surface area contributed by atoms with Crippen LogP contribution in [0.2, 0.25) is 0 Å². The van der Waals surface area contributed by atoms with Gasteiger partial charge < -0.3 is 15.2 Å². The van der Waals surface area contributed by atoms with E-state index in [-0.39, 0.29) is 11.4 Å². The lowest BCUT2D eigenvalue weighted by molar-refractivity contribution is 0.239. The van der Waals surface area contributed by atoms with Crippen LogP contribution in [0.1, 0.15) is 46.3 Å². The van der Waals surface area contributed by atoms with E-state index in [1.165, 1.54) is 6.20 Å². The van der Waals surface area contributed by atoms with Gasteiger partial charge in [0, 0.05) is 11.6 Å². The minimum absolute atomic E-state index is 0.236. The summed E-state index contributed by atoms with van der Waals surface area (Å²) in [5, 5.41) is 15.8. The molecule has 0 aliphatic rings. The molecule has 0 radical (unpaired) electrons. The summed E-state index contributed by atoms with van der Waals surface area (Å²) in [6, 6.07) is -0.372. The molecule has 2 rings (SSSR count). The van der Waals surface area contributed by atoms with Gasteiger partial charge in [0.1, 0.15) is 0 Å². The van der Waals surface area contributed by atoms with Crippen molar-refractivity contribution in [2.24, 2.45) is 0 Å². The van der Waals surface area contributed by atoms with E-state index >= 15 is 0 Å². The Bertz CT molecular complexity index is 609. The van der Waals surface area contributed by atoms with Crippen LogP contribution < -0.4 is 10.6 Å². The average molecular weight is 292 g/mol. The topological polar surface area (TPSA) is 109 Å². The van der Waals surface area contributed by atoms with Gasteiger partial charge in [0.25, 0.3) is 0 Å². The van der Waals surface area contributed by atoms with Crippen molar-refractivity contribution in [3.05, 3.63) is 24.1 Å². The molecule has 21 heavy (non-hydrogen) atoms. The van der Waals surface area contributed by atoms with Crippen LogP contribution in [0.25, 0.3) is 0 Å². The number of hydrogen-bond donors (Lipinski definition) is 3. The molecule has 2 amide bonds. The second-order valence-electron chi connectivity index (χ2n) is 6.36. The van der Waals surface area contributed by atoms with E-state index in [1.807, 2.05) is 20.8 Å². The largest absolute Gasteiger partial charge is 0.339 e. The van der Waals surface area contributed by atoms with E-state index < -0.39 is 5.54 Å². The van der Waals surface area contributed by atoms with Crippen molar-refractivity contribution in [1.82, 2.24) is 25.7 Å². The van der Waals surface area contributed by atoms with Crippen LogP contribution in [0, 0.1) is 0 Å². The zero-order valence-corrected chi connectivity index (χ0v) is 12.8. The predicted octanol–water partition coefficient (Wildman–Crippen LogP) is 2.15. The highest BCUT2D eigenvalue weighted by Gasteiger charge is 2.31. The number of amides is 2. The Hall–Kier alpha value is -2.38. The molecule has 0 saturated carbocycles. The lowest BCUT2D eigenvalue weighted by Gasteiger charge is -2.22. The maximum Gasteiger partial charge on any atom is 0.320 e. The number of rotatable bonds is 3. The number of hydrogen-bond acceptors (Lipinski definition) is 5. The number of nitrogens with zero attached hydrogens (tertiary/aromatic N) is 3. The summed E-state index contributed by atoms with van der Waals surface area (Å²) in [5.41, 5.74) is -0.423. The third-order valence-electron chi connectivity index (χ3n) is 2.81. The molecule has 0 fully saturated rings. The Morgan fingerprint density at radius 3 is 2.52 bits per heavy atom. The van der Waals surface area contributed by atoms with Gasteiger partial charge in [0.15, 0.2) is 5.82 Å². The maximum atomic E-state index is 12.0. The van der Waals surface area contributed by atoms with Crippen molar-refractivity contribution in [3.63, 3.8) is 0 Å². The normalized spacial score (nSPS) is 12.2. The monoisotopic (exact) mass is 292 g/mol. The summed E-state index contributed by atoms with van der Waals surface area (Å²) in [6.45, 7) is 9.56. The average Bonchev–Trinajstić information content (AvgIpc) is 2.96. The van der Waals surface area contributed by atoms with Crippen LogP contribution >= 0.6 is 0 Å². The summed E-state index contributed by atoms with van der Waals surface area (Å²) in [6.07, 6.45) is 3.09. The maximum absolute atomic E-state index is 12.0. The van der Waals surface area contributed by atoms with E-state index in [0.29, 0.717) is 17.4 Å². The van der Waals surface area contributed by atoms with Gasteiger partial charge in [-0.1, -0.05) is 25.9 Å². The van der Waals surface area contributed by atoms with Gasteiger partial charge in [-0.2, -0.15) is 10.1 Å². The highest BCUT2D eigenvalue weighted by atomic mass is 16.5. The Balaban J connectivity index is 2.07. The Morgan fingerprint density at radius 1 is 1.29 bits per heavy atom. The molecular formula is C13H20N6O2. The molecule has 114 valence electrons. The van der Waals surface area contributed by atoms with E-state index in [0.717, 1.165) is 0 Å². The highest BCUT2D eigenvalue weighted by Crippen LogP contribution is 2.23. The zero-order chi connectivity index (χ0) is 15.7. The molecule has 8 heteroatoms. The van der Waals surface area contributed by atoms with Crippen molar-refractivity contribution >= 4 is 11.7 Å². The Morgan fingerprint density at radius 2 is 2.00 bits per heavy atom. The van der Waals surface area contributed by atoms with Crippen LogP contribution in [0.15, 0.2) is 16.9 Å². The molecule has 0 bridgehead atoms. The fourth-order valence-corrected chi connectivity index (χ4v) is 1.60. The van der Waals surface area contributed by atoms with Gasteiger partial charge >= 0.3 is 6.03 Å². The van der Waals surface area contributed by atoms with Crippen molar-refractivity contribution in [3.8, 4) is 0 Å². The number of anilines is 1. The molecule has 0 aliphatic heterocycles. The lowest BCUT2D eigenvalue weighted by Crippen LogP contribution is -2.44. The smallest absolute Gasteiger partial charge is 0.320 e. The standard InChI is InChI=1S/C13H20N6O2/c1-12(2,3)10-17-9(19-21-10)13(4,5)18-11(20)16-8-6-14-15-7-8/h6-7H,1-5H3,(H,14,15)(H2,16,18,20). The first kappa shape index (κ1) is 15.0. The molecule has 3 N–H and O–H groups in total. The van der Waals surface area contributed by atoms with Gasteiger partial charge in [0.2, 0.25) is 5.89 Å². The van der Waals surface area contributed by atoms with Gasteiger partial charge in [-0.05, 0) is 13.8 Å². The molecule has 2 heterocycles. The van der Waals surface area contributed by atoms with E-state index in [2.05, 4.69) is 31.0 Å².